The number of benzene rings is 1. The summed E-state index contributed by atoms with van der Waals surface area (Å²) in [5.41, 5.74) is 6.80. The van der Waals surface area contributed by atoms with Crippen LogP contribution in [0.15, 0.2) is 96.2 Å². The highest BCUT2D eigenvalue weighted by atomic mass is 14.8. The Morgan fingerprint density at radius 2 is 1.61 bits per heavy atom. The molecule has 0 radical (unpaired) electrons. The van der Waals surface area contributed by atoms with Gasteiger partial charge in [-0.25, -0.2) is 0 Å². The Hall–Kier alpha value is -2.54. The van der Waals surface area contributed by atoms with E-state index in [0.717, 1.165) is 22.4 Å². The molecule has 23 heavy (non-hydrogen) atoms. The minimum Gasteiger partial charge on any atom is -0.388 e. The molecule has 0 aliphatic rings. The number of hydrogen-bond acceptors (Lipinski definition) is 1. The van der Waals surface area contributed by atoms with E-state index in [-0.39, 0.29) is 1.43 Å². The first-order valence-electron chi connectivity index (χ1n) is 7.78. The molecule has 1 aromatic rings. The Morgan fingerprint density at radius 3 is 2.13 bits per heavy atom. The Balaban J connectivity index is 0.00000529. The Labute approximate surface area is 142 Å². The van der Waals surface area contributed by atoms with Gasteiger partial charge in [-0.15, -0.1) is 0 Å². The molecule has 0 aliphatic carbocycles. The Bertz CT molecular complexity index is 673. The first-order valence-corrected chi connectivity index (χ1v) is 7.78. The summed E-state index contributed by atoms with van der Waals surface area (Å²) in [7, 11) is 1.94. The summed E-state index contributed by atoms with van der Waals surface area (Å²) in [5, 5.41) is 3.27. The zero-order valence-electron chi connectivity index (χ0n) is 14.7. The van der Waals surface area contributed by atoms with E-state index in [1.54, 1.807) is 0 Å². The van der Waals surface area contributed by atoms with Crippen LogP contribution in [0.3, 0.4) is 0 Å². The van der Waals surface area contributed by atoms with Crippen LogP contribution in [0.2, 0.25) is 0 Å². The lowest BCUT2D eigenvalue weighted by atomic mass is 10.0. The summed E-state index contributed by atoms with van der Waals surface area (Å²) in [6.07, 6.45) is 10.2. The van der Waals surface area contributed by atoms with Crippen LogP contribution in [0.4, 0.5) is 0 Å². The molecule has 0 amide bonds. The molecule has 0 fully saturated rings. The average Bonchev–Trinajstić information content (AvgIpc) is 2.56. The molecule has 0 spiro atoms. The minimum atomic E-state index is 0. The van der Waals surface area contributed by atoms with Crippen molar-refractivity contribution in [3.8, 4) is 0 Å². The topological polar surface area (TPSA) is 12.0 Å². The normalized spacial score (nSPS) is 13.7. The third-order valence-corrected chi connectivity index (χ3v) is 3.66. The number of nitrogens with one attached hydrogen (secondary N) is 1. The maximum absolute atomic E-state index is 3.97. The van der Waals surface area contributed by atoms with Crippen molar-refractivity contribution in [2.45, 2.75) is 20.8 Å². The molecule has 1 rings (SSSR count). The fourth-order valence-corrected chi connectivity index (χ4v) is 1.98. The fourth-order valence-electron chi connectivity index (χ4n) is 1.98. The number of rotatable bonds is 7. The highest BCUT2D eigenvalue weighted by Crippen LogP contribution is 2.19. The van der Waals surface area contributed by atoms with Crippen LogP contribution in [-0.2, 0) is 0 Å². The van der Waals surface area contributed by atoms with Gasteiger partial charge >= 0.3 is 0 Å². The van der Waals surface area contributed by atoms with E-state index in [2.05, 4.69) is 62.7 Å². The van der Waals surface area contributed by atoms with Gasteiger partial charge in [0.25, 0.3) is 0 Å². The zero-order valence-corrected chi connectivity index (χ0v) is 14.7. The molecule has 1 heteroatoms. The maximum atomic E-state index is 3.97. The standard InChI is InChI=1S/C22H27N.H2/c1-7-11-21(19(5)15-14-18(4)17(2)3)16-22(23-6)20-12-9-8-10-13-20;/h7-16,23H,1-2H2,3-6H3;1H/b18-14-,19-15+,21-11?,22-16-;. The van der Waals surface area contributed by atoms with Gasteiger partial charge in [0, 0.05) is 14.2 Å². The van der Waals surface area contributed by atoms with Crippen molar-refractivity contribution in [1.29, 1.82) is 0 Å². The van der Waals surface area contributed by atoms with Crippen molar-refractivity contribution in [3.63, 3.8) is 0 Å². The molecule has 122 valence electrons. The highest BCUT2D eigenvalue weighted by molar-refractivity contribution is 5.68. The second-order valence-electron chi connectivity index (χ2n) is 5.51. The van der Waals surface area contributed by atoms with Crippen molar-refractivity contribution >= 4 is 5.70 Å². The van der Waals surface area contributed by atoms with E-state index >= 15 is 0 Å². The van der Waals surface area contributed by atoms with Gasteiger partial charge in [0.15, 0.2) is 0 Å². The first kappa shape index (κ1) is 18.5. The van der Waals surface area contributed by atoms with Crippen LogP contribution in [0, 0.1) is 0 Å². The van der Waals surface area contributed by atoms with Gasteiger partial charge < -0.3 is 5.32 Å². The smallest absolute Gasteiger partial charge is 0.0417 e. The van der Waals surface area contributed by atoms with E-state index in [9.17, 15) is 0 Å². The molecule has 0 heterocycles. The molecular weight excluding hydrogens is 278 g/mol. The predicted molar refractivity (Wildman–Crippen MR) is 106 cm³/mol. The number of allylic oxidation sites excluding steroid dienone is 9. The Morgan fingerprint density at radius 1 is 1.00 bits per heavy atom. The van der Waals surface area contributed by atoms with Crippen molar-refractivity contribution in [2.24, 2.45) is 0 Å². The lowest BCUT2D eigenvalue weighted by molar-refractivity contribution is 1.12. The van der Waals surface area contributed by atoms with Gasteiger partial charge in [-0.1, -0.05) is 73.4 Å². The van der Waals surface area contributed by atoms with Gasteiger partial charge in [0.2, 0.25) is 0 Å². The molecule has 0 atom stereocenters. The molecule has 1 nitrogen and oxygen atoms in total. The second-order valence-corrected chi connectivity index (χ2v) is 5.51. The monoisotopic (exact) mass is 307 g/mol. The van der Waals surface area contributed by atoms with Gasteiger partial charge in [-0.2, -0.15) is 0 Å². The van der Waals surface area contributed by atoms with Gasteiger partial charge in [-0.3, -0.25) is 0 Å². The third kappa shape index (κ3) is 5.99. The molecule has 0 saturated heterocycles. The van der Waals surface area contributed by atoms with Crippen LogP contribution >= 0.6 is 0 Å². The lowest BCUT2D eigenvalue weighted by Gasteiger charge is -2.10. The average molecular weight is 307 g/mol. The second kappa shape index (κ2) is 9.47. The maximum Gasteiger partial charge on any atom is 0.0417 e. The van der Waals surface area contributed by atoms with Crippen LogP contribution in [0.5, 0.6) is 0 Å². The SMILES string of the molecule is C=CC=C(/C=C(\NC)c1ccccc1)/C(C)=C/C=C(/C)C(=C)C.[HH]. The van der Waals surface area contributed by atoms with Crippen molar-refractivity contribution in [1.82, 2.24) is 5.32 Å². The van der Waals surface area contributed by atoms with Crippen molar-refractivity contribution in [2.75, 3.05) is 7.05 Å². The van der Waals surface area contributed by atoms with Crippen LogP contribution < -0.4 is 5.32 Å². The number of hydrogen-bond donors (Lipinski definition) is 1. The molecule has 0 aromatic heterocycles. The third-order valence-electron chi connectivity index (χ3n) is 3.66. The zero-order chi connectivity index (χ0) is 17.2. The molecule has 0 aliphatic heterocycles. The molecule has 0 unspecified atom stereocenters. The lowest BCUT2D eigenvalue weighted by Crippen LogP contribution is -2.05. The summed E-state index contributed by atoms with van der Waals surface area (Å²) in [6.45, 7) is 14.0. The summed E-state index contributed by atoms with van der Waals surface area (Å²) in [5.74, 6) is 0. The minimum absolute atomic E-state index is 0. The molecule has 0 bridgehead atoms. The van der Waals surface area contributed by atoms with Crippen LogP contribution in [0.1, 0.15) is 27.8 Å². The first-order chi connectivity index (χ1) is 11.0. The Kier molecular flexibility index (Phi) is 7.62. The summed E-state index contributed by atoms with van der Waals surface area (Å²) in [4.78, 5) is 0. The summed E-state index contributed by atoms with van der Waals surface area (Å²) in [6, 6.07) is 10.3. The van der Waals surface area contributed by atoms with Crippen molar-refractivity contribution < 1.29 is 1.43 Å². The quantitative estimate of drug-likeness (QED) is 0.602. The van der Waals surface area contributed by atoms with Crippen LogP contribution in [0.25, 0.3) is 5.70 Å². The molecular formula is C22H29N. The largest absolute Gasteiger partial charge is 0.388 e. The van der Waals surface area contributed by atoms with E-state index in [1.165, 1.54) is 11.1 Å². The molecule has 1 N–H and O–H groups in total. The van der Waals surface area contributed by atoms with Gasteiger partial charge in [0.1, 0.15) is 0 Å². The van der Waals surface area contributed by atoms with Gasteiger partial charge in [-0.05, 0) is 49.1 Å². The summed E-state index contributed by atoms with van der Waals surface area (Å²) < 4.78 is 0. The fraction of sp³-hybridized carbons (Fsp3) is 0.182. The van der Waals surface area contributed by atoms with E-state index in [4.69, 9.17) is 0 Å². The predicted octanol–water partition coefficient (Wildman–Crippen LogP) is 6.07. The summed E-state index contributed by atoms with van der Waals surface area (Å²) >= 11 is 0. The van der Waals surface area contributed by atoms with Crippen LogP contribution in [-0.4, -0.2) is 7.05 Å². The van der Waals surface area contributed by atoms with E-state index in [0.29, 0.717) is 0 Å². The van der Waals surface area contributed by atoms with E-state index < -0.39 is 0 Å². The molecule has 1 aromatic carbocycles. The highest BCUT2D eigenvalue weighted by Gasteiger charge is 2.02. The van der Waals surface area contributed by atoms with E-state index in [1.807, 2.05) is 44.3 Å². The van der Waals surface area contributed by atoms with Gasteiger partial charge in [0.05, 0.1) is 0 Å². The van der Waals surface area contributed by atoms with Crippen molar-refractivity contribution in [3.05, 3.63) is 102 Å². The molecule has 0 saturated carbocycles.